The molecular weight excluding hydrogens is 279 g/mol. The highest BCUT2D eigenvalue weighted by Crippen LogP contribution is 2.33. The number of aromatic nitrogens is 1. The van der Waals surface area contributed by atoms with E-state index in [4.69, 9.17) is 5.26 Å². The van der Waals surface area contributed by atoms with Gasteiger partial charge in [0.2, 0.25) is 0 Å². The molecule has 1 heterocycles. The standard InChI is InChI=1S/C15H12F3N3/c1-9-3-6-12(15(16,17)18)7-13(9)21-14-11(8-19)5-4-10(2)20-14/h3-7H,1-2H3,(H,20,21). The van der Waals surface area contributed by atoms with Gasteiger partial charge in [-0.15, -0.1) is 0 Å². The Hall–Kier alpha value is -2.55. The molecule has 2 aromatic rings. The van der Waals surface area contributed by atoms with Gasteiger partial charge >= 0.3 is 6.18 Å². The molecule has 0 aliphatic rings. The molecule has 0 spiro atoms. The quantitative estimate of drug-likeness (QED) is 0.895. The third-order valence-corrected chi connectivity index (χ3v) is 2.97. The van der Waals surface area contributed by atoms with Gasteiger partial charge in [-0.05, 0) is 43.7 Å². The zero-order chi connectivity index (χ0) is 15.6. The molecule has 0 radical (unpaired) electrons. The summed E-state index contributed by atoms with van der Waals surface area (Å²) in [6.07, 6.45) is -4.41. The van der Waals surface area contributed by atoms with E-state index in [-0.39, 0.29) is 17.1 Å². The van der Waals surface area contributed by atoms with Crippen LogP contribution in [0.4, 0.5) is 24.7 Å². The van der Waals surface area contributed by atoms with E-state index in [0.717, 1.165) is 12.1 Å². The van der Waals surface area contributed by atoms with E-state index in [1.54, 1.807) is 26.0 Å². The van der Waals surface area contributed by atoms with Crippen molar-refractivity contribution in [3.63, 3.8) is 0 Å². The van der Waals surface area contributed by atoms with Crippen LogP contribution >= 0.6 is 0 Å². The number of anilines is 2. The van der Waals surface area contributed by atoms with Gasteiger partial charge in [-0.1, -0.05) is 6.07 Å². The molecule has 0 fully saturated rings. The Bertz CT molecular complexity index is 715. The number of pyridine rings is 1. The number of hydrogen-bond donors (Lipinski definition) is 1. The fourth-order valence-corrected chi connectivity index (χ4v) is 1.80. The normalized spacial score (nSPS) is 11.0. The summed E-state index contributed by atoms with van der Waals surface area (Å²) in [5, 5.41) is 11.8. The van der Waals surface area contributed by atoms with Crippen LogP contribution in [0.3, 0.4) is 0 Å². The Morgan fingerprint density at radius 3 is 2.48 bits per heavy atom. The smallest absolute Gasteiger partial charge is 0.339 e. The molecule has 0 saturated carbocycles. The van der Waals surface area contributed by atoms with Crippen molar-refractivity contribution in [2.24, 2.45) is 0 Å². The van der Waals surface area contributed by atoms with Gasteiger partial charge in [0.15, 0.2) is 0 Å². The highest BCUT2D eigenvalue weighted by molar-refractivity contribution is 5.66. The molecule has 0 atom stereocenters. The minimum Gasteiger partial charge on any atom is -0.339 e. The number of nitrogens with one attached hydrogen (secondary N) is 1. The molecule has 1 aromatic heterocycles. The Balaban J connectivity index is 2.45. The van der Waals surface area contributed by atoms with Crippen LogP contribution in [-0.4, -0.2) is 4.98 Å². The van der Waals surface area contributed by atoms with Crippen molar-refractivity contribution < 1.29 is 13.2 Å². The van der Waals surface area contributed by atoms with Crippen molar-refractivity contribution >= 4 is 11.5 Å². The Kier molecular flexibility index (Phi) is 3.85. The lowest BCUT2D eigenvalue weighted by Gasteiger charge is -2.14. The number of halogens is 3. The van der Waals surface area contributed by atoms with Gasteiger partial charge in [-0.25, -0.2) is 4.98 Å². The number of nitriles is 1. The summed E-state index contributed by atoms with van der Waals surface area (Å²) in [6, 6.07) is 8.63. The van der Waals surface area contributed by atoms with E-state index in [1.165, 1.54) is 6.07 Å². The minimum absolute atomic E-state index is 0.250. The molecule has 1 N–H and O–H groups in total. The van der Waals surface area contributed by atoms with Gasteiger partial charge in [0.25, 0.3) is 0 Å². The van der Waals surface area contributed by atoms with Crippen LogP contribution in [0, 0.1) is 25.2 Å². The topological polar surface area (TPSA) is 48.7 Å². The van der Waals surface area contributed by atoms with Gasteiger partial charge in [0.1, 0.15) is 11.9 Å². The minimum atomic E-state index is -4.41. The molecule has 0 bridgehead atoms. The van der Waals surface area contributed by atoms with Gasteiger partial charge in [-0.2, -0.15) is 18.4 Å². The fraction of sp³-hybridized carbons (Fsp3) is 0.200. The summed E-state index contributed by atoms with van der Waals surface area (Å²) in [7, 11) is 0. The summed E-state index contributed by atoms with van der Waals surface area (Å²) in [5.41, 5.74) is 1.11. The first kappa shape index (κ1) is 14.9. The number of rotatable bonds is 2. The van der Waals surface area contributed by atoms with E-state index < -0.39 is 11.7 Å². The van der Waals surface area contributed by atoms with E-state index in [1.807, 2.05) is 6.07 Å². The molecule has 1 aromatic carbocycles. The molecule has 2 rings (SSSR count). The first-order chi connectivity index (χ1) is 9.81. The maximum atomic E-state index is 12.8. The van der Waals surface area contributed by atoms with E-state index in [0.29, 0.717) is 11.3 Å². The van der Waals surface area contributed by atoms with Crippen LogP contribution in [0.15, 0.2) is 30.3 Å². The van der Waals surface area contributed by atoms with Crippen LogP contribution in [0.1, 0.15) is 22.4 Å². The molecule has 108 valence electrons. The summed E-state index contributed by atoms with van der Waals surface area (Å²) in [6.45, 7) is 3.43. The lowest BCUT2D eigenvalue weighted by molar-refractivity contribution is -0.137. The Labute approximate surface area is 120 Å². The van der Waals surface area contributed by atoms with Gasteiger partial charge in [0, 0.05) is 11.4 Å². The van der Waals surface area contributed by atoms with Crippen LogP contribution < -0.4 is 5.32 Å². The third-order valence-electron chi connectivity index (χ3n) is 2.97. The molecule has 21 heavy (non-hydrogen) atoms. The van der Waals surface area contributed by atoms with Gasteiger partial charge in [-0.3, -0.25) is 0 Å². The fourth-order valence-electron chi connectivity index (χ4n) is 1.80. The molecule has 6 heteroatoms. The summed E-state index contributed by atoms with van der Waals surface area (Å²) >= 11 is 0. The van der Waals surface area contributed by atoms with Crippen molar-refractivity contribution in [3.05, 3.63) is 52.7 Å². The molecule has 0 aliphatic carbocycles. The predicted octanol–water partition coefficient (Wildman–Crippen LogP) is 4.33. The number of nitrogens with zero attached hydrogens (tertiary/aromatic N) is 2. The number of benzene rings is 1. The Morgan fingerprint density at radius 2 is 1.86 bits per heavy atom. The second-order valence-corrected chi connectivity index (χ2v) is 4.61. The molecule has 0 saturated heterocycles. The largest absolute Gasteiger partial charge is 0.416 e. The number of alkyl halides is 3. The zero-order valence-corrected chi connectivity index (χ0v) is 11.4. The van der Waals surface area contributed by atoms with Crippen molar-refractivity contribution in [2.45, 2.75) is 20.0 Å². The zero-order valence-electron chi connectivity index (χ0n) is 11.4. The highest BCUT2D eigenvalue weighted by Gasteiger charge is 2.30. The van der Waals surface area contributed by atoms with Gasteiger partial charge in [0.05, 0.1) is 11.1 Å². The van der Waals surface area contributed by atoms with E-state index >= 15 is 0 Å². The summed E-state index contributed by atoms with van der Waals surface area (Å²) in [4.78, 5) is 4.16. The van der Waals surface area contributed by atoms with Crippen LogP contribution in [0.25, 0.3) is 0 Å². The first-order valence-corrected chi connectivity index (χ1v) is 6.14. The van der Waals surface area contributed by atoms with Gasteiger partial charge < -0.3 is 5.32 Å². The third kappa shape index (κ3) is 3.31. The maximum absolute atomic E-state index is 12.8. The predicted molar refractivity (Wildman–Crippen MR) is 73.2 cm³/mol. The maximum Gasteiger partial charge on any atom is 0.416 e. The Morgan fingerprint density at radius 1 is 1.14 bits per heavy atom. The van der Waals surface area contributed by atoms with Crippen LogP contribution in [-0.2, 0) is 6.18 Å². The highest BCUT2D eigenvalue weighted by atomic mass is 19.4. The SMILES string of the molecule is Cc1ccc(C#N)c(Nc2cc(C(F)(F)F)ccc2C)n1. The van der Waals surface area contributed by atoms with E-state index in [9.17, 15) is 13.2 Å². The monoisotopic (exact) mass is 291 g/mol. The summed E-state index contributed by atoms with van der Waals surface area (Å²) in [5.74, 6) is 0.250. The molecule has 0 amide bonds. The van der Waals surface area contributed by atoms with Crippen molar-refractivity contribution in [1.82, 2.24) is 4.98 Å². The molecule has 3 nitrogen and oxygen atoms in total. The average Bonchev–Trinajstić information content (AvgIpc) is 2.40. The molecule has 0 aliphatic heterocycles. The molecular formula is C15H12F3N3. The number of aryl methyl sites for hydroxylation is 2. The van der Waals surface area contributed by atoms with Crippen molar-refractivity contribution in [1.29, 1.82) is 5.26 Å². The number of hydrogen-bond acceptors (Lipinski definition) is 3. The second-order valence-electron chi connectivity index (χ2n) is 4.61. The average molecular weight is 291 g/mol. The first-order valence-electron chi connectivity index (χ1n) is 6.14. The van der Waals surface area contributed by atoms with E-state index in [2.05, 4.69) is 10.3 Å². The molecule has 0 unspecified atom stereocenters. The van der Waals surface area contributed by atoms with Crippen molar-refractivity contribution in [2.75, 3.05) is 5.32 Å². The van der Waals surface area contributed by atoms with Crippen molar-refractivity contribution in [3.8, 4) is 6.07 Å². The lowest BCUT2D eigenvalue weighted by Crippen LogP contribution is -2.07. The van der Waals surface area contributed by atoms with Crippen LogP contribution in [0.5, 0.6) is 0 Å². The van der Waals surface area contributed by atoms with Crippen LogP contribution in [0.2, 0.25) is 0 Å². The second kappa shape index (κ2) is 5.44. The lowest BCUT2D eigenvalue weighted by atomic mass is 10.1. The summed E-state index contributed by atoms with van der Waals surface area (Å²) < 4.78 is 38.3.